The van der Waals surface area contributed by atoms with Crippen LogP contribution in [0.4, 0.5) is 11.4 Å². The van der Waals surface area contributed by atoms with Gasteiger partial charge in [-0.3, -0.25) is 14.4 Å². The van der Waals surface area contributed by atoms with Crippen LogP contribution < -0.4 is 15.4 Å². The lowest BCUT2D eigenvalue weighted by atomic mass is 9.70. The summed E-state index contributed by atoms with van der Waals surface area (Å²) < 4.78 is 4.73. The smallest absolute Gasteiger partial charge is 0.248 e. The second-order valence-corrected chi connectivity index (χ2v) is 11.2. The van der Waals surface area contributed by atoms with Gasteiger partial charge in [-0.05, 0) is 56.2 Å². The summed E-state index contributed by atoms with van der Waals surface area (Å²) in [5, 5.41) is 15.9. The average molecular weight is 530 g/mol. The number of aliphatic hydroxyl groups is 1. The minimum absolute atomic E-state index is 0.0240. The van der Waals surface area contributed by atoms with Gasteiger partial charge < -0.3 is 25.4 Å². The summed E-state index contributed by atoms with van der Waals surface area (Å²) in [5.74, 6) is -1.34. The molecule has 2 unspecified atom stereocenters. The molecular formula is C26H28ClN3O5S. The topological polar surface area (TPSA) is 108 Å². The van der Waals surface area contributed by atoms with Crippen LogP contribution in [0.25, 0.3) is 0 Å². The number of likely N-dealkylation sites (tertiary alicyclic amines) is 1. The van der Waals surface area contributed by atoms with Gasteiger partial charge in [0.05, 0.1) is 40.5 Å². The number of aliphatic hydroxyl groups excluding tert-OH is 1. The Morgan fingerprint density at radius 3 is 2.61 bits per heavy atom. The summed E-state index contributed by atoms with van der Waals surface area (Å²) in [4.78, 5) is 42.2. The van der Waals surface area contributed by atoms with Crippen molar-refractivity contribution in [1.29, 1.82) is 0 Å². The van der Waals surface area contributed by atoms with Gasteiger partial charge >= 0.3 is 0 Å². The molecule has 3 heterocycles. The standard InChI is InChI=1S/C26H28ClN3O5S/c1-2-35-16-9-7-15(8-10-16)28-23(32)20-19-11-12-26(36-19)21(20)25(34)30(13-14-31)22(26)24(33)29-18-6-4-3-5-17(18)27/h3-10,19-22,31H,2,11-14H2,1H3,(H,28,32)(H,29,33)/t19-,20+,21+,22?,26?/m1/s1. The van der Waals surface area contributed by atoms with Crippen LogP contribution in [-0.4, -0.2) is 63.5 Å². The van der Waals surface area contributed by atoms with E-state index in [9.17, 15) is 19.5 Å². The molecule has 3 fully saturated rings. The number of hydrogen-bond donors (Lipinski definition) is 3. The minimum atomic E-state index is -0.809. The van der Waals surface area contributed by atoms with Gasteiger partial charge in [-0.15, -0.1) is 11.8 Å². The van der Waals surface area contributed by atoms with Gasteiger partial charge in [0.25, 0.3) is 0 Å². The first-order valence-electron chi connectivity index (χ1n) is 12.1. The van der Waals surface area contributed by atoms with E-state index in [0.717, 1.165) is 6.42 Å². The van der Waals surface area contributed by atoms with Crippen LogP contribution in [0, 0.1) is 11.8 Å². The second-order valence-electron chi connectivity index (χ2n) is 9.23. The predicted molar refractivity (Wildman–Crippen MR) is 139 cm³/mol. The third-order valence-electron chi connectivity index (χ3n) is 7.26. The van der Waals surface area contributed by atoms with Gasteiger partial charge in [0.1, 0.15) is 11.8 Å². The molecule has 36 heavy (non-hydrogen) atoms. The van der Waals surface area contributed by atoms with Crippen molar-refractivity contribution in [3.8, 4) is 5.75 Å². The molecule has 2 aromatic carbocycles. The highest BCUT2D eigenvalue weighted by Crippen LogP contribution is 2.66. The Kier molecular flexibility index (Phi) is 6.89. The van der Waals surface area contributed by atoms with E-state index in [4.69, 9.17) is 16.3 Å². The third-order valence-corrected chi connectivity index (χ3v) is 9.54. The first-order chi connectivity index (χ1) is 17.4. The van der Waals surface area contributed by atoms with Gasteiger partial charge in [0, 0.05) is 17.5 Å². The number of benzene rings is 2. The highest BCUT2D eigenvalue weighted by atomic mass is 35.5. The Bertz CT molecular complexity index is 1180. The number of hydrogen-bond acceptors (Lipinski definition) is 6. The van der Waals surface area contributed by atoms with Crippen LogP contribution in [0.15, 0.2) is 48.5 Å². The molecule has 3 N–H and O–H groups in total. The van der Waals surface area contributed by atoms with Crippen LogP contribution in [0.1, 0.15) is 19.8 Å². The van der Waals surface area contributed by atoms with Gasteiger partial charge in [-0.2, -0.15) is 0 Å². The SMILES string of the molecule is CCOc1ccc(NC(=O)[C@@H]2[C@H]3C(=O)N(CCO)C(C(=O)Nc4ccccc4Cl)C34CC[C@H]2S4)cc1. The number of carbonyl (C=O) groups is 3. The molecule has 5 rings (SSSR count). The fourth-order valence-corrected chi connectivity index (χ4v) is 8.30. The van der Waals surface area contributed by atoms with E-state index in [1.54, 1.807) is 60.3 Å². The van der Waals surface area contributed by atoms with Crippen LogP contribution in [-0.2, 0) is 14.4 Å². The van der Waals surface area contributed by atoms with E-state index in [0.29, 0.717) is 35.2 Å². The van der Waals surface area contributed by atoms with Crippen LogP contribution in [0.2, 0.25) is 5.02 Å². The quantitative estimate of drug-likeness (QED) is 0.484. The van der Waals surface area contributed by atoms with Crippen molar-refractivity contribution in [2.45, 2.75) is 35.8 Å². The van der Waals surface area contributed by atoms with Crippen molar-refractivity contribution in [3.05, 3.63) is 53.6 Å². The Balaban J connectivity index is 1.41. The highest BCUT2D eigenvalue weighted by Gasteiger charge is 2.73. The van der Waals surface area contributed by atoms with Crippen molar-refractivity contribution < 1.29 is 24.2 Å². The number of nitrogens with one attached hydrogen (secondary N) is 2. The molecule has 0 saturated carbocycles. The van der Waals surface area contributed by atoms with E-state index in [-0.39, 0.29) is 36.1 Å². The molecule has 0 aromatic heterocycles. The number of thioether (sulfide) groups is 1. The molecule has 5 atom stereocenters. The summed E-state index contributed by atoms with van der Waals surface area (Å²) in [6, 6.07) is 13.2. The molecule has 0 radical (unpaired) electrons. The van der Waals surface area contributed by atoms with E-state index in [2.05, 4.69) is 10.6 Å². The van der Waals surface area contributed by atoms with Crippen molar-refractivity contribution >= 4 is 52.5 Å². The summed E-state index contributed by atoms with van der Waals surface area (Å²) in [6.45, 7) is 2.20. The number of rotatable bonds is 8. The average Bonchev–Trinajstić information content (AvgIpc) is 3.50. The number of anilines is 2. The van der Waals surface area contributed by atoms with E-state index in [1.165, 1.54) is 4.90 Å². The Morgan fingerprint density at radius 2 is 1.92 bits per heavy atom. The maximum Gasteiger partial charge on any atom is 0.248 e. The normalized spacial score (nSPS) is 28.2. The lowest BCUT2D eigenvalue weighted by Gasteiger charge is -2.34. The van der Waals surface area contributed by atoms with Gasteiger partial charge in [-0.1, -0.05) is 23.7 Å². The number of halogens is 1. The number of fused-ring (bicyclic) bond motifs is 1. The number of β-amino-alcohol motifs (C(OH)–C–C–N with tert-alkyl or cyclic N) is 1. The number of amides is 3. The van der Waals surface area contributed by atoms with Gasteiger partial charge in [0.15, 0.2) is 0 Å². The molecule has 8 nitrogen and oxygen atoms in total. The molecule has 2 bridgehead atoms. The molecule has 3 amide bonds. The maximum absolute atomic E-state index is 13.7. The molecule has 0 aliphatic carbocycles. The van der Waals surface area contributed by atoms with Gasteiger partial charge in [0.2, 0.25) is 17.7 Å². The summed E-state index contributed by atoms with van der Waals surface area (Å²) in [7, 11) is 0. The van der Waals surface area contributed by atoms with Crippen molar-refractivity contribution in [2.24, 2.45) is 11.8 Å². The molecule has 1 spiro atoms. The fraction of sp³-hybridized carbons (Fsp3) is 0.423. The highest BCUT2D eigenvalue weighted by molar-refractivity contribution is 8.02. The Labute approximate surface area is 218 Å². The lowest BCUT2D eigenvalue weighted by molar-refractivity contribution is -0.138. The van der Waals surface area contributed by atoms with Crippen LogP contribution in [0.5, 0.6) is 5.75 Å². The zero-order valence-electron chi connectivity index (χ0n) is 19.8. The summed E-state index contributed by atoms with van der Waals surface area (Å²) in [6.07, 6.45) is 1.38. The summed E-state index contributed by atoms with van der Waals surface area (Å²) in [5.41, 5.74) is 1.08. The minimum Gasteiger partial charge on any atom is -0.494 e. The van der Waals surface area contributed by atoms with Gasteiger partial charge in [-0.25, -0.2) is 0 Å². The zero-order chi connectivity index (χ0) is 25.4. The number of carbonyl (C=O) groups excluding carboxylic acids is 3. The third kappa shape index (κ3) is 4.13. The number of ether oxygens (including phenoxy) is 1. The molecule has 2 aromatic rings. The monoisotopic (exact) mass is 529 g/mol. The largest absolute Gasteiger partial charge is 0.494 e. The molecule has 3 saturated heterocycles. The van der Waals surface area contributed by atoms with E-state index < -0.39 is 22.6 Å². The lowest BCUT2D eigenvalue weighted by Crippen LogP contribution is -2.52. The van der Waals surface area contributed by atoms with E-state index >= 15 is 0 Å². The molecule has 3 aliphatic rings. The zero-order valence-corrected chi connectivity index (χ0v) is 21.3. The first kappa shape index (κ1) is 24.9. The van der Waals surface area contributed by atoms with Crippen LogP contribution >= 0.6 is 23.4 Å². The van der Waals surface area contributed by atoms with Crippen LogP contribution in [0.3, 0.4) is 0 Å². The predicted octanol–water partition coefficient (Wildman–Crippen LogP) is 3.40. The van der Waals surface area contributed by atoms with Crippen molar-refractivity contribution in [1.82, 2.24) is 4.90 Å². The van der Waals surface area contributed by atoms with Crippen molar-refractivity contribution in [3.63, 3.8) is 0 Å². The Morgan fingerprint density at radius 1 is 1.17 bits per heavy atom. The molecule has 3 aliphatic heterocycles. The second kappa shape index (κ2) is 9.95. The first-order valence-corrected chi connectivity index (χ1v) is 13.3. The fourth-order valence-electron chi connectivity index (χ4n) is 5.89. The Hall–Kier alpha value is -2.75. The van der Waals surface area contributed by atoms with Crippen molar-refractivity contribution in [2.75, 3.05) is 30.4 Å². The molecule has 190 valence electrons. The number of para-hydroxylation sites is 1. The summed E-state index contributed by atoms with van der Waals surface area (Å²) >= 11 is 7.83. The maximum atomic E-state index is 13.7. The van der Waals surface area contributed by atoms with E-state index in [1.807, 2.05) is 6.92 Å². The number of nitrogens with zero attached hydrogens (tertiary/aromatic N) is 1. The molecular weight excluding hydrogens is 502 g/mol. The molecule has 10 heteroatoms.